The van der Waals surface area contributed by atoms with E-state index in [0.29, 0.717) is 18.8 Å². The third-order valence-corrected chi connectivity index (χ3v) is 4.42. The zero-order chi connectivity index (χ0) is 19.9. The highest BCUT2D eigenvalue weighted by molar-refractivity contribution is 7.85. The normalized spacial score (nSPS) is 11.8. The molecule has 0 unspecified atom stereocenters. The molecular formula is C17H21FN4O4S. The maximum absolute atomic E-state index is 12.8. The van der Waals surface area contributed by atoms with Crippen LogP contribution in [-0.2, 0) is 10.1 Å². The van der Waals surface area contributed by atoms with E-state index in [9.17, 15) is 17.9 Å². The Morgan fingerprint density at radius 1 is 1.19 bits per heavy atom. The lowest BCUT2D eigenvalue weighted by molar-refractivity contribution is 0.475. The molecule has 146 valence electrons. The van der Waals surface area contributed by atoms with Crippen molar-refractivity contribution in [1.82, 2.24) is 4.98 Å². The Bertz CT molecular complexity index is 888. The van der Waals surface area contributed by atoms with Crippen LogP contribution < -0.4 is 4.90 Å². The van der Waals surface area contributed by atoms with E-state index in [-0.39, 0.29) is 29.4 Å². The second-order valence-corrected chi connectivity index (χ2v) is 7.41. The highest BCUT2D eigenvalue weighted by atomic mass is 32.2. The maximum Gasteiger partial charge on any atom is 0.264 e. The van der Waals surface area contributed by atoms with Crippen LogP contribution in [0.1, 0.15) is 19.8 Å². The number of halogens is 1. The van der Waals surface area contributed by atoms with Gasteiger partial charge in [-0.2, -0.15) is 8.42 Å². The van der Waals surface area contributed by atoms with E-state index in [4.69, 9.17) is 4.55 Å². The van der Waals surface area contributed by atoms with Gasteiger partial charge in [0.25, 0.3) is 10.1 Å². The first-order chi connectivity index (χ1) is 12.8. The second-order valence-electron chi connectivity index (χ2n) is 5.83. The number of hydrogen-bond acceptors (Lipinski definition) is 7. The summed E-state index contributed by atoms with van der Waals surface area (Å²) in [5.74, 6) is -0.700. The SMILES string of the molecule is CCCN(CCCS(=O)(=O)O)c1ccc(N=Nc2ccc(F)cn2)c(O)c1. The minimum absolute atomic E-state index is 0.103. The molecule has 2 aromatic rings. The topological polar surface area (TPSA) is 115 Å². The van der Waals surface area contributed by atoms with Crippen LogP contribution in [0.25, 0.3) is 0 Å². The summed E-state index contributed by atoms with van der Waals surface area (Å²) in [5, 5.41) is 17.9. The fourth-order valence-corrected chi connectivity index (χ4v) is 2.90. The summed E-state index contributed by atoms with van der Waals surface area (Å²) in [4.78, 5) is 5.66. The molecule has 1 aromatic heterocycles. The molecule has 27 heavy (non-hydrogen) atoms. The van der Waals surface area contributed by atoms with Crippen LogP contribution in [0.5, 0.6) is 5.75 Å². The molecule has 0 aliphatic carbocycles. The van der Waals surface area contributed by atoms with E-state index in [1.165, 1.54) is 18.2 Å². The van der Waals surface area contributed by atoms with Crippen LogP contribution in [0, 0.1) is 5.82 Å². The Morgan fingerprint density at radius 3 is 2.56 bits per heavy atom. The number of nitrogens with zero attached hydrogens (tertiary/aromatic N) is 4. The summed E-state index contributed by atoms with van der Waals surface area (Å²) in [5.41, 5.74) is 0.919. The predicted molar refractivity (Wildman–Crippen MR) is 100 cm³/mol. The molecule has 0 aliphatic rings. The molecule has 1 heterocycles. The van der Waals surface area contributed by atoms with Crippen molar-refractivity contribution in [3.63, 3.8) is 0 Å². The standard InChI is InChI=1S/C17H21FN4O4S/c1-2-8-22(9-3-10-27(24,25)26)14-5-6-15(16(23)11-14)20-21-17-7-4-13(18)12-19-17/h4-7,11-12,23H,2-3,8-10H2,1H3,(H,24,25,26). The van der Waals surface area contributed by atoms with Crippen LogP contribution in [0.3, 0.4) is 0 Å². The van der Waals surface area contributed by atoms with Gasteiger partial charge in [-0.1, -0.05) is 6.92 Å². The lowest BCUT2D eigenvalue weighted by Gasteiger charge is -2.24. The van der Waals surface area contributed by atoms with Gasteiger partial charge in [0.1, 0.15) is 17.3 Å². The summed E-state index contributed by atoms with van der Waals surface area (Å²) in [6.45, 7) is 3.05. The molecule has 0 bridgehead atoms. The summed E-state index contributed by atoms with van der Waals surface area (Å²) < 4.78 is 43.4. The third kappa shape index (κ3) is 6.91. The molecule has 0 atom stereocenters. The van der Waals surface area contributed by atoms with Gasteiger partial charge in [-0.05, 0) is 37.1 Å². The first-order valence-electron chi connectivity index (χ1n) is 8.35. The first kappa shape index (κ1) is 20.7. The number of pyridine rings is 1. The monoisotopic (exact) mass is 396 g/mol. The first-order valence-corrected chi connectivity index (χ1v) is 9.96. The lowest BCUT2D eigenvalue weighted by atomic mass is 10.2. The van der Waals surface area contributed by atoms with Gasteiger partial charge in [0.15, 0.2) is 5.82 Å². The minimum Gasteiger partial charge on any atom is -0.506 e. The Balaban J connectivity index is 2.11. The van der Waals surface area contributed by atoms with Crippen LogP contribution in [0.2, 0.25) is 0 Å². The maximum atomic E-state index is 12.8. The molecule has 0 amide bonds. The van der Waals surface area contributed by atoms with Crippen LogP contribution >= 0.6 is 0 Å². The van der Waals surface area contributed by atoms with E-state index in [2.05, 4.69) is 15.2 Å². The summed E-state index contributed by atoms with van der Waals surface area (Å²) in [6, 6.07) is 7.38. The Labute approximate surface area is 157 Å². The van der Waals surface area contributed by atoms with Crippen molar-refractivity contribution in [2.45, 2.75) is 19.8 Å². The fourth-order valence-electron chi connectivity index (χ4n) is 2.40. The second kappa shape index (κ2) is 9.38. The fraction of sp³-hybridized carbons (Fsp3) is 0.353. The molecule has 0 saturated heterocycles. The molecule has 0 aliphatic heterocycles. The zero-order valence-corrected chi connectivity index (χ0v) is 15.6. The van der Waals surface area contributed by atoms with E-state index >= 15 is 0 Å². The number of phenols is 1. The molecular weight excluding hydrogens is 375 g/mol. The third-order valence-electron chi connectivity index (χ3n) is 3.62. The number of aromatic nitrogens is 1. The van der Waals surface area contributed by atoms with Crippen molar-refractivity contribution >= 4 is 27.3 Å². The predicted octanol–water partition coefficient (Wildman–Crippen LogP) is 3.84. The number of azo groups is 1. The van der Waals surface area contributed by atoms with Crippen molar-refractivity contribution < 1.29 is 22.5 Å². The van der Waals surface area contributed by atoms with E-state index in [0.717, 1.165) is 12.6 Å². The molecule has 0 fully saturated rings. The average molecular weight is 396 g/mol. The minimum atomic E-state index is -4.00. The molecule has 2 rings (SSSR count). The van der Waals surface area contributed by atoms with Gasteiger partial charge < -0.3 is 10.0 Å². The molecule has 0 spiro atoms. The Hall–Kier alpha value is -2.59. The summed E-state index contributed by atoms with van der Waals surface area (Å²) in [6.07, 6.45) is 2.11. The number of hydrogen-bond donors (Lipinski definition) is 2. The van der Waals surface area contributed by atoms with Crippen molar-refractivity contribution in [2.24, 2.45) is 10.2 Å². The summed E-state index contributed by atoms with van der Waals surface area (Å²) >= 11 is 0. The van der Waals surface area contributed by atoms with E-state index < -0.39 is 15.9 Å². The molecule has 0 radical (unpaired) electrons. The molecule has 1 aromatic carbocycles. The van der Waals surface area contributed by atoms with Crippen LogP contribution in [0.4, 0.5) is 21.6 Å². The zero-order valence-electron chi connectivity index (χ0n) is 14.8. The van der Waals surface area contributed by atoms with Gasteiger partial charge in [0, 0.05) is 24.8 Å². The number of rotatable bonds is 9. The Kier molecular flexibility index (Phi) is 7.19. The highest BCUT2D eigenvalue weighted by Crippen LogP contribution is 2.32. The molecule has 0 saturated carbocycles. The van der Waals surface area contributed by atoms with Gasteiger partial charge in [-0.3, -0.25) is 4.55 Å². The van der Waals surface area contributed by atoms with Crippen molar-refractivity contribution in [1.29, 1.82) is 0 Å². The lowest BCUT2D eigenvalue weighted by Crippen LogP contribution is -2.26. The molecule has 8 nitrogen and oxygen atoms in total. The number of phenolic OH excluding ortho intramolecular Hbond substituents is 1. The largest absolute Gasteiger partial charge is 0.506 e. The molecule has 10 heteroatoms. The van der Waals surface area contributed by atoms with Gasteiger partial charge in [0.2, 0.25) is 0 Å². The average Bonchev–Trinajstić information content (AvgIpc) is 2.60. The smallest absolute Gasteiger partial charge is 0.264 e. The van der Waals surface area contributed by atoms with Crippen molar-refractivity contribution in [3.05, 3.63) is 42.3 Å². The summed E-state index contributed by atoms with van der Waals surface area (Å²) in [7, 11) is -4.00. The van der Waals surface area contributed by atoms with Gasteiger partial charge in [-0.25, -0.2) is 9.37 Å². The molecule has 2 N–H and O–H groups in total. The highest BCUT2D eigenvalue weighted by Gasteiger charge is 2.11. The van der Waals surface area contributed by atoms with Crippen LogP contribution in [0.15, 0.2) is 46.8 Å². The van der Waals surface area contributed by atoms with E-state index in [1.54, 1.807) is 12.1 Å². The Morgan fingerprint density at radius 2 is 1.96 bits per heavy atom. The quantitative estimate of drug-likeness (QED) is 0.491. The number of benzene rings is 1. The van der Waals surface area contributed by atoms with Gasteiger partial charge >= 0.3 is 0 Å². The van der Waals surface area contributed by atoms with Crippen molar-refractivity contribution in [2.75, 3.05) is 23.7 Å². The van der Waals surface area contributed by atoms with Crippen LogP contribution in [-0.4, -0.2) is 41.9 Å². The van der Waals surface area contributed by atoms with Gasteiger partial charge in [-0.15, -0.1) is 10.2 Å². The van der Waals surface area contributed by atoms with E-state index in [1.807, 2.05) is 11.8 Å². The van der Waals surface area contributed by atoms with Crippen molar-refractivity contribution in [3.8, 4) is 5.75 Å². The number of anilines is 1. The van der Waals surface area contributed by atoms with Gasteiger partial charge in [0.05, 0.1) is 11.9 Å². The number of aromatic hydroxyl groups is 1.